The second-order valence-corrected chi connectivity index (χ2v) is 5.28. The minimum Gasteiger partial charge on any atom is -0.261 e. The minimum absolute atomic E-state index is 0.632. The number of nitrogens with zero attached hydrogens (tertiary/aromatic N) is 5. The van der Waals surface area contributed by atoms with Gasteiger partial charge in [0.05, 0.1) is 11.9 Å². The zero-order valence-electron chi connectivity index (χ0n) is 13.4. The van der Waals surface area contributed by atoms with Crippen molar-refractivity contribution in [3.8, 4) is 5.82 Å². The first-order valence-corrected chi connectivity index (χ1v) is 7.35. The van der Waals surface area contributed by atoms with Gasteiger partial charge in [-0.3, -0.25) is 5.43 Å². The van der Waals surface area contributed by atoms with Crippen molar-refractivity contribution in [2.45, 2.75) is 20.8 Å². The lowest BCUT2D eigenvalue weighted by atomic mass is 10.2. The molecule has 0 aliphatic heterocycles. The molecule has 0 unspecified atom stereocenters. The molecule has 2 aromatic heterocycles. The molecule has 0 bridgehead atoms. The van der Waals surface area contributed by atoms with E-state index >= 15 is 0 Å². The van der Waals surface area contributed by atoms with Crippen LogP contribution in [0.3, 0.4) is 0 Å². The first-order valence-electron chi connectivity index (χ1n) is 7.35. The largest absolute Gasteiger partial charge is 0.261 e. The van der Waals surface area contributed by atoms with Gasteiger partial charge in [0, 0.05) is 11.8 Å². The summed E-state index contributed by atoms with van der Waals surface area (Å²) in [5, 5.41) is 8.67. The van der Waals surface area contributed by atoms with Crippen LogP contribution in [-0.2, 0) is 0 Å². The molecule has 0 aliphatic rings. The Labute approximate surface area is 134 Å². The fourth-order valence-electron chi connectivity index (χ4n) is 2.29. The van der Waals surface area contributed by atoms with Crippen molar-refractivity contribution in [3.63, 3.8) is 0 Å². The highest BCUT2D eigenvalue weighted by Crippen LogP contribution is 2.13. The normalized spacial score (nSPS) is 11.1. The third-order valence-corrected chi connectivity index (χ3v) is 3.24. The molecule has 0 radical (unpaired) electrons. The van der Waals surface area contributed by atoms with Gasteiger partial charge in [-0.25, -0.2) is 14.6 Å². The standard InChI is InChI=1S/C17H18N6/c1-12-9-13(2)23(22-12)17-10-16(19-14(3)20-17)21-18-11-15-7-5-4-6-8-15/h4-11H,1-3H3,(H,19,20,21)/b18-11-. The summed E-state index contributed by atoms with van der Waals surface area (Å²) in [7, 11) is 0. The van der Waals surface area contributed by atoms with E-state index in [1.165, 1.54) is 0 Å². The van der Waals surface area contributed by atoms with Crippen molar-refractivity contribution in [1.29, 1.82) is 0 Å². The molecule has 116 valence electrons. The van der Waals surface area contributed by atoms with Crippen LogP contribution in [-0.4, -0.2) is 26.0 Å². The van der Waals surface area contributed by atoms with E-state index in [0.29, 0.717) is 11.6 Å². The lowest BCUT2D eigenvalue weighted by molar-refractivity contribution is 0.793. The van der Waals surface area contributed by atoms with Crippen molar-refractivity contribution in [2.75, 3.05) is 5.43 Å². The van der Waals surface area contributed by atoms with Gasteiger partial charge >= 0.3 is 0 Å². The van der Waals surface area contributed by atoms with Crippen molar-refractivity contribution in [1.82, 2.24) is 19.7 Å². The molecule has 1 aromatic carbocycles. The Hall–Kier alpha value is -3.02. The molecule has 6 heteroatoms. The summed E-state index contributed by atoms with van der Waals surface area (Å²) >= 11 is 0. The quantitative estimate of drug-likeness (QED) is 0.594. The van der Waals surface area contributed by atoms with E-state index in [1.807, 2.05) is 63.2 Å². The molecule has 0 amide bonds. The molecule has 0 saturated carbocycles. The van der Waals surface area contributed by atoms with Gasteiger partial charge in [-0.1, -0.05) is 30.3 Å². The number of aryl methyl sites for hydroxylation is 3. The van der Waals surface area contributed by atoms with Crippen molar-refractivity contribution >= 4 is 12.0 Å². The van der Waals surface area contributed by atoms with Gasteiger partial charge in [0.15, 0.2) is 11.6 Å². The topological polar surface area (TPSA) is 68.0 Å². The summed E-state index contributed by atoms with van der Waals surface area (Å²) in [6, 6.07) is 13.7. The van der Waals surface area contributed by atoms with Crippen LogP contribution in [0, 0.1) is 20.8 Å². The highest BCUT2D eigenvalue weighted by atomic mass is 15.3. The molecule has 0 saturated heterocycles. The summed E-state index contributed by atoms with van der Waals surface area (Å²) in [5.41, 5.74) is 5.95. The Kier molecular flexibility index (Phi) is 4.14. The van der Waals surface area contributed by atoms with Gasteiger partial charge in [-0.2, -0.15) is 10.2 Å². The van der Waals surface area contributed by atoms with E-state index in [4.69, 9.17) is 0 Å². The molecule has 0 spiro atoms. The maximum Gasteiger partial charge on any atom is 0.159 e. The molecule has 6 nitrogen and oxygen atoms in total. The maximum atomic E-state index is 4.45. The molecular weight excluding hydrogens is 288 g/mol. The van der Waals surface area contributed by atoms with Crippen LogP contribution in [0.25, 0.3) is 5.82 Å². The zero-order chi connectivity index (χ0) is 16.2. The number of hydrazone groups is 1. The third kappa shape index (κ3) is 3.60. The van der Waals surface area contributed by atoms with Crippen molar-refractivity contribution in [3.05, 3.63) is 65.2 Å². The van der Waals surface area contributed by atoms with E-state index in [2.05, 4.69) is 25.6 Å². The molecule has 2 heterocycles. The van der Waals surface area contributed by atoms with E-state index in [0.717, 1.165) is 22.8 Å². The maximum absolute atomic E-state index is 4.45. The minimum atomic E-state index is 0.632. The predicted octanol–water partition coefficient (Wildman–Crippen LogP) is 3.03. The van der Waals surface area contributed by atoms with Crippen LogP contribution in [0.5, 0.6) is 0 Å². The molecule has 0 fully saturated rings. The SMILES string of the molecule is Cc1cc(C)n(-c2cc(N/N=C\c3ccccc3)nc(C)n2)n1. The first-order chi connectivity index (χ1) is 11.1. The van der Waals surface area contributed by atoms with Crippen LogP contribution in [0.2, 0.25) is 0 Å². The van der Waals surface area contributed by atoms with Gasteiger partial charge in [0.1, 0.15) is 5.82 Å². The third-order valence-electron chi connectivity index (χ3n) is 3.24. The Morgan fingerprint density at radius 3 is 2.52 bits per heavy atom. The second-order valence-electron chi connectivity index (χ2n) is 5.28. The van der Waals surface area contributed by atoms with E-state index in [9.17, 15) is 0 Å². The monoisotopic (exact) mass is 306 g/mol. The molecule has 23 heavy (non-hydrogen) atoms. The first kappa shape index (κ1) is 14.9. The van der Waals surface area contributed by atoms with Crippen molar-refractivity contribution in [2.24, 2.45) is 5.10 Å². The van der Waals surface area contributed by atoms with Gasteiger partial charge in [0.2, 0.25) is 0 Å². The predicted molar refractivity (Wildman–Crippen MR) is 91.0 cm³/mol. The number of aromatic nitrogens is 4. The smallest absolute Gasteiger partial charge is 0.159 e. The van der Waals surface area contributed by atoms with Crippen molar-refractivity contribution < 1.29 is 0 Å². The number of rotatable bonds is 4. The number of anilines is 1. The summed E-state index contributed by atoms with van der Waals surface area (Å²) in [6.45, 7) is 5.81. The van der Waals surface area contributed by atoms with Gasteiger partial charge in [-0.05, 0) is 32.4 Å². The van der Waals surface area contributed by atoms with Gasteiger partial charge < -0.3 is 0 Å². The molecular formula is C17H18N6. The number of benzene rings is 1. The highest BCUT2D eigenvalue weighted by molar-refractivity contribution is 5.79. The molecule has 3 rings (SSSR count). The lowest BCUT2D eigenvalue weighted by Crippen LogP contribution is -2.06. The second kappa shape index (κ2) is 6.39. The molecule has 0 aliphatic carbocycles. The van der Waals surface area contributed by atoms with E-state index in [1.54, 1.807) is 10.9 Å². The van der Waals surface area contributed by atoms with Gasteiger partial charge in [-0.15, -0.1) is 0 Å². The Balaban J connectivity index is 1.83. The fraction of sp³-hybridized carbons (Fsp3) is 0.176. The summed E-state index contributed by atoms with van der Waals surface area (Å²) in [5.74, 6) is 2.01. The fourth-order valence-corrected chi connectivity index (χ4v) is 2.29. The van der Waals surface area contributed by atoms with Crippen LogP contribution in [0.4, 0.5) is 5.82 Å². The summed E-state index contributed by atoms with van der Waals surface area (Å²) < 4.78 is 1.80. The average Bonchev–Trinajstić information content (AvgIpc) is 2.86. The molecule has 0 atom stereocenters. The van der Waals surface area contributed by atoms with Gasteiger partial charge in [0.25, 0.3) is 0 Å². The summed E-state index contributed by atoms with van der Waals surface area (Å²) in [6.07, 6.45) is 1.75. The zero-order valence-corrected chi connectivity index (χ0v) is 13.4. The Morgan fingerprint density at radius 1 is 1.04 bits per heavy atom. The lowest BCUT2D eigenvalue weighted by Gasteiger charge is -2.07. The number of hydrogen-bond acceptors (Lipinski definition) is 5. The van der Waals surface area contributed by atoms with E-state index < -0.39 is 0 Å². The highest BCUT2D eigenvalue weighted by Gasteiger charge is 2.07. The summed E-state index contributed by atoms with van der Waals surface area (Å²) in [4.78, 5) is 8.79. The number of nitrogens with one attached hydrogen (secondary N) is 1. The Bertz CT molecular complexity index is 836. The van der Waals surface area contributed by atoms with E-state index in [-0.39, 0.29) is 0 Å². The van der Waals surface area contributed by atoms with Crippen LogP contribution in [0.1, 0.15) is 22.8 Å². The molecule has 3 aromatic rings. The van der Waals surface area contributed by atoms with Crippen LogP contribution >= 0.6 is 0 Å². The van der Waals surface area contributed by atoms with Crippen LogP contribution < -0.4 is 5.43 Å². The molecule has 1 N–H and O–H groups in total. The average molecular weight is 306 g/mol. The van der Waals surface area contributed by atoms with Crippen LogP contribution in [0.15, 0.2) is 47.6 Å². The number of hydrogen-bond donors (Lipinski definition) is 1. The Morgan fingerprint density at radius 2 is 1.83 bits per heavy atom.